The first-order chi connectivity index (χ1) is 11.0. The Morgan fingerprint density at radius 2 is 1.87 bits per heavy atom. The molecule has 3 rings (SSSR count). The molecule has 1 unspecified atom stereocenters. The second kappa shape index (κ2) is 6.98. The van der Waals surface area contributed by atoms with Gasteiger partial charge in [0, 0.05) is 25.0 Å². The van der Waals surface area contributed by atoms with Crippen LogP contribution < -0.4 is 15.4 Å². The molecular formula is C16H23N3O3S. The Balaban J connectivity index is 1.49. The van der Waals surface area contributed by atoms with Gasteiger partial charge in [0.25, 0.3) is 0 Å². The van der Waals surface area contributed by atoms with Gasteiger partial charge in [-0.2, -0.15) is 0 Å². The number of sulfonamides is 1. The quantitative estimate of drug-likeness (QED) is 0.678. The highest BCUT2D eigenvalue weighted by molar-refractivity contribution is 7.89. The second-order valence-electron chi connectivity index (χ2n) is 6.30. The van der Waals surface area contributed by atoms with E-state index < -0.39 is 10.0 Å². The minimum absolute atomic E-state index is 0.0470. The Kier molecular flexibility index (Phi) is 4.99. The highest BCUT2D eigenvalue weighted by Crippen LogP contribution is 2.22. The van der Waals surface area contributed by atoms with Crippen LogP contribution in [-0.2, 0) is 21.2 Å². The van der Waals surface area contributed by atoms with Crippen molar-refractivity contribution in [3.63, 3.8) is 0 Å². The Hall–Kier alpha value is -1.44. The van der Waals surface area contributed by atoms with E-state index >= 15 is 0 Å². The van der Waals surface area contributed by atoms with Gasteiger partial charge in [0.15, 0.2) is 0 Å². The lowest BCUT2D eigenvalue weighted by atomic mass is 10.1. The molecule has 1 amide bonds. The smallest absolute Gasteiger partial charge is 0.240 e. The number of nitrogens with one attached hydrogen (secondary N) is 3. The summed E-state index contributed by atoms with van der Waals surface area (Å²) in [4.78, 5) is 12.2. The molecule has 1 saturated heterocycles. The van der Waals surface area contributed by atoms with E-state index in [1.54, 1.807) is 24.3 Å². The minimum Gasteiger partial charge on any atom is -0.352 e. The van der Waals surface area contributed by atoms with Gasteiger partial charge in [0.05, 0.1) is 4.90 Å². The largest absolute Gasteiger partial charge is 0.352 e. The molecule has 1 heterocycles. The highest BCUT2D eigenvalue weighted by atomic mass is 32.2. The monoisotopic (exact) mass is 337 g/mol. The van der Waals surface area contributed by atoms with E-state index in [1.807, 2.05) is 0 Å². The van der Waals surface area contributed by atoms with E-state index in [4.69, 9.17) is 0 Å². The third-order valence-corrected chi connectivity index (χ3v) is 5.74. The van der Waals surface area contributed by atoms with E-state index in [9.17, 15) is 13.2 Å². The molecule has 2 aliphatic rings. The molecule has 1 aliphatic carbocycles. The number of carbonyl (C=O) groups is 1. The van der Waals surface area contributed by atoms with Crippen LogP contribution in [0, 0.1) is 0 Å². The Bertz CT molecular complexity index is 648. The van der Waals surface area contributed by atoms with Crippen LogP contribution >= 0.6 is 0 Å². The lowest BCUT2D eigenvalue weighted by Crippen LogP contribution is -2.36. The number of amides is 1. The number of benzene rings is 1. The van der Waals surface area contributed by atoms with E-state index in [0.717, 1.165) is 37.9 Å². The summed E-state index contributed by atoms with van der Waals surface area (Å²) in [5, 5.41) is 6.22. The standard InChI is InChI=1S/C16H23N3O3S/c20-16(18-14-9-10-17-11-14)8-3-12-1-6-15(7-2-12)23(21,22)19-13-4-5-13/h1-2,6-7,13-14,17,19H,3-5,8-11H2,(H,18,20). The van der Waals surface area contributed by atoms with Crippen molar-refractivity contribution in [2.24, 2.45) is 0 Å². The fourth-order valence-corrected chi connectivity index (χ4v) is 3.96. The van der Waals surface area contributed by atoms with Gasteiger partial charge in [0.2, 0.25) is 15.9 Å². The molecule has 2 fully saturated rings. The molecule has 6 nitrogen and oxygen atoms in total. The molecule has 23 heavy (non-hydrogen) atoms. The van der Waals surface area contributed by atoms with Crippen molar-refractivity contribution in [1.29, 1.82) is 0 Å². The van der Waals surface area contributed by atoms with E-state index in [0.29, 0.717) is 12.8 Å². The van der Waals surface area contributed by atoms with Crippen LogP contribution in [0.3, 0.4) is 0 Å². The van der Waals surface area contributed by atoms with Gasteiger partial charge in [-0.1, -0.05) is 12.1 Å². The summed E-state index contributed by atoms with van der Waals surface area (Å²) >= 11 is 0. The summed E-state index contributed by atoms with van der Waals surface area (Å²) in [6.07, 6.45) is 3.85. The van der Waals surface area contributed by atoms with Gasteiger partial charge >= 0.3 is 0 Å². The predicted molar refractivity (Wildman–Crippen MR) is 87.5 cm³/mol. The zero-order valence-electron chi connectivity index (χ0n) is 13.0. The normalized spacial score (nSPS) is 21.3. The van der Waals surface area contributed by atoms with E-state index in [2.05, 4.69) is 15.4 Å². The molecule has 0 aromatic heterocycles. The first kappa shape index (κ1) is 16.4. The van der Waals surface area contributed by atoms with Gasteiger partial charge in [-0.05, 0) is 49.9 Å². The maximum atomic E-state index is 12.1. The molecule has 3 N–H and O–H groups in total. The number of rotatable bonds is 7. The van der Waals surface area contributed by atoms with Crippen molar-refractivity contribution < 1.29 is 13.2 Å². The number of aryl methyl sites for hydroxylation is 1. The van der Waals surface area contributed by atoms with E-state index in [-0.39, 0.29) is 22.9 Å². The summed E-state index contributed by atoms with van der Waals surface area (Å²) in [6.45, 7) is 1.79. The molecule has 7 heteroatoms. The van der Waals surface area contributed by atoms with Gasteiger partial charge in [0.1, 0.15) is 0 Å². The van der Waals surface area contributed by atoms with Crippen LogP contribution in [0.1, 0.15) is 31.2 Å². The minimum atomic E-state index is -3.40. The number of carbonyl (C=O) groups excluding carboxylic acids is 1. The van der Waals surface area contributed by atoms with Crippen molar-refractivity contribution in [1.82, 2.24) is 15.4 Å². The van der Waals surface area contributed by atoms with Crippen LogP contribution in [0.25, 0.3) is 0 Å². The number of hydrogen-bond acceptors (Lipinski definition) is 4. The molecular weight excluding hydrogens is 314 g/mol. The van der Waals surface area contributed by atoms with Crippen LogP contribution in [0.15, 0.2) is 29.2 Å². The Morgan fingerprint density at radius 1 is 1.13 bits per heavy atom. The van der Waals surface area contributed by atoms with Crippen molar-refractivity contribution >= 4 is 15.9 Å². The third-order valence-electron chi connectivity index (χ3n) is 4.20. The Morgan fingerprint density at radius 3 is 2.48 bits per heavy atom. The molecule has 1 aromatic rings. The van der Waals surface area contributed by atoms with Crippen molar-refractivity contribution in [3.05, 3.63) is 29.8 Å². The van der Waals surface area contributed by atoms with Crippen LogP contribution in [0.5, 0.6) is 0 Å². The fourth-order valence-electron chi connectivity index (χ4n) is 2.66. The predicted octanol–water partition coefficient (Wildman–Crippen LogP) is 0.538. The lowest BCUT2D eigenvalue weighted by Gasteiger charge is -2.11. The molecule has 1 atom stereocenters. The molecule has 1 aromatic carbocycles. The molecule has 0 bridgehead atoms. The van der Waals surface area contributed by atoms with Crippen molar-refractivity contribution in [3.8, 4) is 0 Å². The molecule has 1 aliphatic heterocycles. The second-order valence-corrected chi connectivity index (χ2v) is 8.01. The van der Waals surface area contributed by atoms with Crippen LogP contribution in [0.4, 0.5) is 0 Å². The average molecular weight is 337 g/mol. The first-order valence-electron chi connectivity index (χ1n) is 8.14. The third kappa shape index (κ3) is 4.76. The molecule has 0 spiro atoms. The zero-order chi connectivity index (χ0) is 16.3. The molecule has 1 saturated carbocycles. The van der Waals surface area contributed by atoms with Gasteiger partial charge in [-0.15, -0.1) is 0 Å². The summed E-state index contributed by atoms with van der Waals surface area (Å²) < 4.78 is 26.8. The van der Waals surface area contributed by atoms with Gasteiger partial charge in [-0.3, -0.25) is 4.79 Å². The van der Waals surface area contributed by atoms with Crippen molar-refractivity contribution in [2.45, 2.75) is 49.1 Å². The zero-order valence-corrected chi connectivity index (χ0v) is 13.9. The van der Waals surface area contributed by atoms with E-state index in [1.165, 1.54) is 0 Å². The topological polar surface area (TPSA) is 87.3 Å². The SMILES string of the molecule is O=C(CCc1ccc(S(=O)(=O)NC2CC2)cc1)NC1CCNC1. The Labute approximate surface area is 137 Å². The lowest BCUT2D eigenvalue weighted by molar-refractivity contribution is -0.121. The summed E-state index contributed by atoms with van der Waals surface area (Å²) in [5.41, 5.74) is 0.968. The maximum absolute atomic E-state index is 12.1. The van der Waals surface area contributed by atoms with Crippen LogP contribution in [-0.4, -0.2) is 39.5 Å². The van der Waals surface area contributed by atoms with Gasteiger partial charge in [-0.25, -0.2) is 13.1 Å². The summed E-state index contributed by atoms with van der Waals surface area (Å²) in [6, 6.07) is 7.13. The molecule has 0 radical (unpaired) electrons. The number of hydrogen-bond donors (Lipinski definition) is 3. The molecule has 126 valence electrons. The van der Waals surface area contributed by atoms with Crippen molar-refractivity contribution in [2.75, 3.05) is 13.1 Å². The summed E-state index contributed by atoms with van der Waals surface area (Å²) in [7, 11) is -3.40. The van der Waals surface area contributed by atoms with Crippen LogP contribution in [0.2, 0.25) is 0 Å². The summed E-state index contributed by atoms with van der Waals surface area (Å²) in [5.74, 6) is 0.0470. The average Bonchev–Trinajstić information content (AvgIpc) is 3.17. The van der Waals surface area contributed by atoms with Gasteiger partial charge < -0.3 is 10.6 Å². The first-order valence-corrected chi connectivity index (χ1v) is 9.62. The maximum Gasteiger partial charge on any atom is 0.240 e. The fraction of sp³-hybridized carbons (Fsp3) is 0.562. The highest BCUT2D eigenvalue weighted by Gasteiger charge is 2.27.